The number of rotatable bonds is 22. The van der Waals surface area contributed by atoms with E-state index in [1.807, 2.05) is 6.92 Å². The molecule has 0 radical (unpaired) electrons. The molecule has 0 fully saturated rings. The lowest BCUT2D eigenvalue weighted by Crippen LogP contribution is -2.34. The van der Waals surface area contributed by atoms with Crippen molar-refractivity contribution in [3.63, 3.8) is 0 Å². The van der Waals surface area contributed by atoms with Crippen molar-refractivity contribution in [3.05, 3.63) is 81.3 Å². The maximum Gasteiger partial charge on any atom is 0.263 e. The van der Waals surface area contributed by atoms with Gasteiger partial charge in [0.1, 0.15) is 0 Å². The van der Waals surface area contributed by atoms with Crippen LogP contribution in [0.25, 0.3) is 41.1 Å². The smallest absolute Gasteiger partial charge is 0.263 e. The Morgan fingerprint density at radius 1 is 0.571 bits per heavy atom. The van der Waals surface area contributed by atoms with Gasteiger partial charge in [-0.1, -0.05) is 122 Å². The average molecular weight is 938 g/mol. The first-order valence-corrected chi connectivity index (χ1v) is 27.6. The number of benzene rings is 1. The van der Waals surface area contributed by atoms with E-state index in [1.165, 1.54) is 115 Å². The summed E-state index contributed by atoms with van der Waals surface area (Å²) in [5.74, 6) is -0.104. The molecule has 1 unspecified atom stereocenters. The SMILES string of the molecule is CCCCCCCCCCCCCCCCOc1cc2c(s1)c1c(c3sc(C)cc32)=C(c2sc(C)cc2C)C(=O)C=1c1sc(-c2sc(C)c3c2C(=O)N(CC(C)CC)C3=O)cc1C. The number of Topliss-reactive ketones (excluding diaryl/α,β-unsaturated/α-hetero) is 1. The second kappa shape index (κ2) is 20.0. The molecule has 6 aromatic rings. The molecule has 0 bridgehead atoms. The van der Waals surface area contributed by atoms with Crippen molar-refractivity contribution in [1.82, 2.24) is 4.90 Å². The first-order chi connectivity index (χ1) is 30.4. The van der Waals surface area contributed by atoms with E-state index in [-0.39, 0.29) is 23.5 Å². The number of nitrogens with zero attached hydrogens (tertiary/aromatic N) is 1. The van der Waals surface area contributed by atoms with Crippen molar-refractivity contribution in [1.29, 1.82) is 0 Å². The van der Waals surface area contributed by atoms with Gasteiger partial charge in [-0.2, -0.15) is 0 Å². The molecule has 1 atom stereocenters. The lowest BCUT2D eigenvalue weighted by atomic mass is 10.0. The molecule has 10 heteroatoms. The minimum absolute atomic E-state index is 0.0585. The minimum atomic E-state index is -0.200. The van der Waals surface area contributed by atoms with Crippen LogP contribution in [0.4, 0.5) is 0 Å². The molecule has 5 nitrogen and oxygen atoms in total. The molecule has 2 aliphatic rings. The van der Waals surface area contributed by atoms with Crippen LogP contribution in [0.5, 0.6) is 5.06 Å². The van der Waals surface area contributed by atoms with Gasteiger partial charge in [-0.15, -0.1) is 45.3 Å². The highest BCUT2D eigenvalue weighted by Gasteiger charge is 2.42. The lowest BCUT2D eigenvalue weighted by Gasteiger charge is -2.18. The predicted octanol–water partition coefficient (Wildman–Crippen LogP) is 15.0. The molecular formula is C53H63NO4S5. The Bertz CT molecular complexity index is 2820. The van der Waals surface area contributed by atoms with Crippen LogP contribution in [0.15, 0.2) is 24.3 Å². The number of thiophene rings is 5. The molecule has 0 N–H and O–H groups in total. The van der Waals surface area contributed by atoms with E-state index in [2.05, 4.69) is 72.7 Å². The average Bonchev–Trinajstić information content (AvgIpc) is 4.12. The summed E-state index contributed by atoms with van der Waals surface area (Å²) in [4.78, 5) is 51.6. The number of carbonyl (C=O) groups excluding carboxylic acids is 3. The third-order valence-electron chi connectivity index (χ3n) is 13.1. The summed E-state index contributed by atoms with van der Waals surface area (Å²) < 4.78 is 8.82. The third-order valence-corrected chi connectivity index (χ3v) is 18.9. The first kappa shape index (κ1) is 46.1. The van der Waals surface area contributed by atoms with Gasteiger partial charge in [-0.05, 0) is 76.3 Å². The number of carbonyl (C=O) groups is 3. The van der Waals surface area contributed by atoms with Crippen LogP contribution in [0, 0.1) is 40.5 Å². The number of ether oxygens (including phenoxy) is 1. The van der Waals surface area contributed by atoms with E-state index in [0.29, 0.717) is 24.3 Å². The van der Waals surface area contributed by atoms with Crippen molar-refractivity contribution in [2.75, 3.05) is 13.2 Å². The molecule has 5 aromatic heterocycles. The molecule has 8 rings (SSSR count). The standard InChI is InChI=1S/C53H63NO4S5/c1-9-11-12-13-14-15-16-17-18-19-20-21-22-23-24-58-39-28-37-36-27-34(7)60-49(36)41-42(50(37)63-39)44(46(55)43(41)47-31(4)25-33(6)59-47)48-32(5)26-38(62-48)51-45-40(35(8)61-51)52(56)54(53(45)57)29-30(3)10-2/h25-28,30H,9-24,29H2,1-8H3. The van der Waals surface area contributed by atoms with Gasteiger partial charge in [0.25, 0.3) is 11.8 Å². The maximum absolute atomic E-state index is 15.4. The van der Waals surface area contributed by atoms with Crippen molar-refractivity contribution >= 4 is 106 Å². The number of ketones is 1. The highest BCUT2D eigenvalue weighted by atomic mass is 32.1. The Balaban J connectivity index is 1.11. The lowest BCUT2D eigenvalue weighted by molar-refractivity contribution is -0.108. The Labute approximate surface area is 393 Å². The zero-order chi connectivity index (χ0) is 44.5. The van der Waals surface area contributed by atoms with Gasteiger partial charge in [0.2, 0.25) is 0 Å². The predicted molar refractivity (Wildman–Crippen MR) is 273 cm³/mol. The molecule has 1 aliphatic carbocycles. The summed E-state index contributed by atoms with van der Waals surface area (Å²) in [6, 6.07) is 8.83. The number of unbranched alkanes of at least 4 members (excludes halogenated alkanes) is 13. The van der Waals surface area contributed by atoms with E-state index in [1.54, 1.807) is 45.3 Å². The van der Waals surface area contributed by atoms with E-state index in [9.17, 15) is 9.59 Å². The monoisotopic (exact) mass is 937 g/mol. The van der Waals surface area contributed by atoms with Crippen LogP contribution in [0.2, 0.25) is 0 Å². The van der Waals surface area contributed by atoms with Crippen LogP contribution in [0.1, 0.15) is 173 Å². The first-order valence-electron chi connectivity index (χ1n) is 23.5. The van der Waals surface area contributed by atoms with Gasteiger partial charge in [-0.25, -0.2) is 0 Å². The van der Waals surface area contributed by atoms with E-state index >= 15 is 4.79 Å². The molecule has 1 aliphatic heterocycles. The number of hydrogen-bond donors (Lipinski definition) is 0. The number of amides is 2. The van der Waals surface area contributed by atoms with E-state index in [0.717, 1.165) is 89.8 Å². The number of imide groups is 1. The topological polar surface area (TPSA) is 63.7 Å². The Morgan fingerprint density at radius 2 is 1.11 bits per heavy atom. The molecule has 63 heavy (non-hydrogen) atoms. The molecule has 1 aromatic carbocycles. The molecule has 0 saturated carbocycles. The zero-order valence-corrected chi connectivity index (χ0v) is 42.6. The molecule has 334 valence electrons. The quantitative estimate of drug-likeness (QED) is 0.0502. The molecular weight excluding hydrogens is 875 g/mol. The largest absolute Gasteiger partial charge is 0.484 e. The van der Waals surface area contributed by atoms with Crippen LogP contribution in [0.3, 0.4) is 0 Å². The maximum atomic E-state index is 15.4. The van der Waals surface area contributed by atoms with Crippen molar-refractivity contribution < 1.29 is 19.1 Å². The number of fused-ring (bicyclic) bond motifs is 7. The van der Waals surface area contributed by atoms with Gasteiger partial charge in [0, 0.05) is 83.6 Å². The van der Waals surface area contributed by atoms with Gasteiger partial charge in [0.05, 0.1) is 22.6 Å². The summed E-state index contributed by atoms with van der Waals surface area (Å²) in [5.41, 5.74) is 4.73. The highest BCUT2D eigenvalue weighted by Crippen LogP contribution is 2.47. The van der Waals surface area contributed by atoms with Crippen LogP contribution >= 0.6 is 56.7 Å². The normalized spacial score (nSPS) is 14.4. The molecule has 2 amide bonds. The molecule has 6 heterocycles. The summed E-state index contributed by atoms with van der Waals surface area (Å²) in [6.07, 6.45) is 19.5. The van der Waals surface area contributed by atoms with Crippen molar-refractivity contribution in [2.24, 2.45) is 5.92 Å². The fourth-order valence-electron chi connectivity index (χ4n) is 9.56. The fourth-order valence-corrected chi connectivity index (χ4v) is 15.3. The second-order valence-electron chi connectivity index (χ2n) is 18.1. The number of aryl methyl sites for hydroxylation is 5. The zero-order valence-electron chi connectivity index (χ0n) is 38.5. The second-order valence-corrected chi connectivity index (χ2v) is 23.9. The number of hydrogen-bond acceptors (Lipinski definition) is 9. The highest BCUT2D eigenvalue weighted by molar-refractivity contribution is 7.24. The van der Waals surface area contributed by atoms with E-state index in [4.69, 9.17) is 4.74 Å². The van der Waals surface area contributed by atoms with Crippen LogP contribution < -0.4 is 15.2 Å². The van der Waals surface area contributed by atoms with Gasteiger partial charge < -0.3 is 4.74 Å². The Kier molecular flexibility index (Phi) is 14.6. The van der Waals surface area contributed by atoms with Gasteiger partial charge in [0.15, 0.2) is 10.8 Å². The van der Waals surface area contributed by atoms with Crippen LogP contribution in [-0.2, 0) is 4.79 Å². The van der Waals surface area contributed by atoms with Crippen molar-refractivity contribution in [2.45, 2.75) is 152 Å². The fraction of sp³-hybridized carbons (Fsp3) is 0.491. The van der Waals surface area contributed by atoms with Gasteiger partial charge >= 0.3 is 0 Å². The summed E-state index contributed by atoms with van der Waals surface area (Å²) in [5, 5.41) is 5.29. The van der Waals surface area contributed by atoms with Crippen molar-refractivity contribution in [3.8, 4) is 14.8 Å². The molecule has 0 spiro atoms. The van der Waals surface area contributed by atoms with E-state index < -0.39 is 0 Å². The third kappa shape index (κ3) is 9.10. The minimum Gasteiger partial charge on any atom is -0.484 e. The Morgan fingerprint density at radius 3 is 1.71 bits per heavy atom. The summed E-state index contributed by atoms with van der Waals surface area (Å²) >= 11 is 8.25. The summed E-state index contributed by atoms with van der Waals surface area (Å²) in [6.45, 7) is 18.0. The Hall–Kier alpha value is -3.41. The molecule has 0 saturated heterocycles. The van der Waals surface area contributed by atoms with Crippen LogP contribution in [-0.4, -0.2) is 35.6 Å². The summed E-state index contributed by atoms with van der Waals surface area (Å²) in [7, 11) is 0. The van der Waals surface area contributed by atoms with Gasteiger partial charge in [-0.3, -0.25) is 19.3 Å².